The Balaban J connectivity index is 1.50. The fraction of sp³-hybridized carbons (Fsp3) is 0.261. The number of aryl methyl sites for hydroxylation is 2. The van der Waals surface area contributed by atoms with E-state index in [2.05, 4.69) is 4.98 Å². The number of hydrogen-bond donors (Lipinski definition) is 0. The molecule has 3 aromatic heterocycles. The van der Waals surface area contributed by atoms with E-state index >= 15 is 0 Å². The number of carbonyl (C=O) groups excluding carboxylic acids is 2. The first kappa shape index (κ1) is 22.9. The number of ketones is 1. The number of Topliss-reactive ketones (excluding diaryl/α,β-unsaturated/α-hetero) is 1. The second-order valence-corrected chi connectivity index (χ2v) is 7.93. The molecule has 0 amide bonds. The third-order valence-electron chi connectivity index (χ3n) is 5.70. The highest BCUT2D eigenvalue weighted by Gasteiger charge is 2.20. The quantitative estimate of drug-likeness (QED) is 0.313. The molecule has 11 heteroatoms. The van der Waals surface area contributed by atoms with Crippen molar-refractivity contribution in [3.05, 3.63) is 80.3 Å². The van der Waals surface area contributed by atoms with Crippen molar-refractivity contribution in [1.29, 1.82) is 0 Å². The lowest BCUT2D eigenvalue weighted by Crippen LogP contribution is -2.37. The third kappa shape index (κ3) is 3.85. The monoisotopic (exact) mass is 467 g/mol. The molecule has 0 aliphatic heterocycles. The fourth-order valence-corrected chi connectivity index (χ4v) is 3.96. The minimum Gasteiger partial charge on any atom is -0.456 e. The van der Waals surface area contributed by atoms with Crippen molar-refractivity contribution < 1.29 is 18.7 Å². The van der Waals surface area contributed by atoms with Crippen molar-refractivity contribution >= 4 is 22.9 Å². The second-order valence-electron chi connectivity index (χ2n) is 7.93. The molecule has 3 heterocycles. The Morgan fingerprint density at radius 3 is 2.41 bits per heavy atom. The molecular weight excluding hydrogens is 445 g/mol. The van der Waals surface area contributed by atoms with Crippen LogP contribution in [0.1, 0.15) is 21.7 Å². The Bertz CT molecular complexity index is 1560. The molecule has 1 aromatic carbocycles. The molecule has 0 saturated carbocycles. The number of imidazole rings is 1. The summed E-state index contributed by atoms with van der Waals surface area (Å²) in [4.78, 5) is 53.7. The van der Waals surface area contributed by atoms with Gasteiger partial charge in [0.25, 0.3) is 5.56 Å². The molecule has 0 spiro atoms. The second kappa shape index (κ2) is 8.58. The zero-order valence-electron chi connectivity index (χ0n) is 19.0. The zero-order valence-corrected chi connectivity index (χ0v) is 19.0. The number of halogens is 1. The molecule has 4 aromatic rings. The van der Waals surface area contributed by atoms with Crippen LogP contribution in [0.25, 0.3) is 16.9 Å². The van der Waals surface area contributed by atoms with Crippen LogP contribution in [0.3, 0.4) is 0 Å². The summed E-state index contributed by atoms with van der Waals surface area (Å²) in [5, 5.41) is 0. The van der Waals surface area contributed by atoms with E-state index in [4.69, 9.17) is 4.74 Å². The molecule has 0 unspecified atom stereocenters. The molecule has 0 fully saturated rings. The number of nitrogens with zero attached hydrogens (tertiary/aromatic N) is 5. The minimum atomic E-state index is -0.740. The van der Waals surface area contributed by atoms with Gasteiger partial charge >= 0.3 is 11.7 Å². The van der Waals surface area contributed by atoms with Crippen molar-refractivity contribution in [2.45, 2.75) is 20.4 Å². The third-order valence-corrected chi connectivity index (χ3v) is 5.70. The van der Waals surface area contributed by atoms with E-state index in [1.165, 1.54) is 41.7 Å². The van der Waals surface area contributed by atoms with E-state index in [0.29, 0.717) is 16.9 Å². The summed E-state index contributed by atoms with van der Waals surface area (Å²) in [5.74, 6) is -1.50. The number of benzene rings is 1. The maximum Gasteiger partial charge on any atom is 0.332 e. The fourth-order valence-electron chi connectivity index (χ4n) is 3.96. The Morgan fingerprint density at radius 2 is 1.74 bits per heavy atom. The minimum absolute atomic E-state index is 0.0794. The van der Waals surface area contributed by atoms with Gasteiger partial charge in [-0.1, -0.05) is 0 Å². The highest BCUT2D eigenvalue weighted by molar-refractivity contribution is 5.99. The zero-order chi connectivity index (χ0) is 24.7. The molecule has 10 nitrogen and oxygen atoms in total. The first-order chi connectivity index (χ1) is 16.1. The van der Waals surface area contributed by atoms with E-state index in [1.54, 1.807) is 25.1 Å². The van der Waals surface area contributed by atoms with Gasteiger partial charge in [-0.05, 0) is 44.2 Å². The van der Waals surface area contributed by atoms with Crippen molar-refractivity contribution in [3.63, 3.8) is 0 Å². The molecule has 0 bridgehead atoms. The Kier molecular flexibility index (Phi) is 5.78. The van der Waals surface area contributed by atoms with Crippen LogP contribution in [0.2, 0.25) is 0 Å². The highest BCUT2D eigenvalue weighted by atomic mass is 19.1. The lowest BCUT2D eigenvalue weighted by atomic mass is 10.1. The van der Waals surface area contributed by atoms with E-state index in [0.717, 1.165) is 10.3 Å². The van der Waals surface area contributed by atoms with Gasteiger partial charge in [0, 0.05) is 36.7 Å². The summed E-state index contributed by atoms with van der Waals surface area (Å²) in [5.41, 5.74) is 1.59. The van der Waals surface area contributed by atoms with Crippen molar-refractivity contribution in [2.24, 2.45) is 14.1 Å². The van der Waals surface area contributed by atoms with E-state index in [-0.39, 0.29) is 23.5 Å². The van der Waals surface area contributed by atoms with Crippen LogP contribution >= 0.6 is 0 Å². The van der Waals surface area contributed by atoms with Crippen molar-refractivity contribution in [2.75, 3.05) is 6.61 Å². The summed E-state index contributed by atoms with van der Waals surface area (Å²) in [6.07, 6.45) is 1.27. The van der Waals surface area contributed by atoms with Gasteiger partial charge in [-0.25, -0.2) is 14.2 Å². The van der Waals surface area contributed by atoms with E-state index in [1.807, 2.05) is 11.5 Å². The first-order valence-corrected chi connectivity index (χ1v) is 10.3. The number of hydrogen-bond acceptors (Lipinski definition) is 6. The van der Waals surface area contributed by atoms with Gasteiger partial charge in [-0.2, -0.15) is 0 Å². The van der Waals surface area contributed by atoms with Crippen LogP contribution < -0.4 is 11.2 Å². The van der Waals surface area contributed by atoms with Crippen LogP contribution in [0.5, 0.6) is 0 Å². The SMILES string of the molecule is Cc1cc(C(=O)COC(=O)Cn2cnc3c2c(=O)n(C)c(=O)n3C)c(C)n1-c1ccc(F)cc1. The summed E-state index contributed by atoms with van der Waals surface area (Å²) in [7, 11) is 2.81. The lowest BCUT2D eigenvalue weighted by Gasteiger charge is -2.10. The molecule has 176 valence electrons. The van der Waals surface area contributed by atoms with Gasteiger partial charge in [0.15, 0.2) is 17.8 Å². The highest BCUT2D eigenvalue weighted by Crippen LogP contribution is 2.21. The van der Waals surface area contributed by atoms with Crippen LogP contribution in [-0.2, 0) is 30.2 Å². The molecule has 0 aliphatic rings. The average molecular weight is 467 g/mol. The summed E-state index contributed by atoms with van der Waals surface area (Å²) >= 11 is 0. The molecule has 0 aliphatic carbocycles. The van der Waals surface area contributed by atoms with Gasteiger partial charge in [0.05, 0.1) is 6.33 Å². The van der Waals surface area contributed by atoms with Gasteiger partial charge in [0.2, 0.25) is 5.78 Å². The van der Waals surface area contributed by atoms with Crippen LogP contribution in [0, 0.1) is 19.7 Å². The Morgan fingerprint density at radius 1 is 1.06 bits per heavy atom. The van der Waals surface area contributed by atoms with Gasteiger partial charge in [0.1, 0.15) is 12.4 Å². The number of rotatable bonds is 6. The van der Waals surface area contributed by atoms with E-state index < -0.39 is 29.6 Å². The standard InChI is InChI=1S/C23H22FN5O5/c1-13-9-17(14(2)29(13)16-7-5-15(24)6-8-16)18(30)11-34-19(31)10-28-12-25-21-20(28)22(32)27(4)23(33)26(21)3/h5-9,12H,10-11H2,1-4H3. The number of ether oxygens (including phenoxy) is 1. The van der Waals surface area contributed by atoms with Crippen LogP contribution in [0.15, 0.2) is 46.2 Å². The molecule has 34 heavy (non-hydrogen) atoms. The molecule has 4 rings (SSSR count). The Hall–Kier alpha value is -4.28. The molecule has 0 atom stereocenters. The smallest absolute Gasteiger partial charge is 0.332 e. The summed E-state index contributed by atoms with van der Waals surface area (Å²) in [6.45, 7) is 2.72. The van der Waals surface area contributed by atoms with Gasteiger partial charge < -0.3 is 13.9 Å². The first-order valence-electron chi connectivity index (χ1n) is 10.3. The van der Waals surface area contributed by atoms with Crippen molar-refractivity contribution in [1.82, 2.24) is 23.3 Å². The van der Waals surface area contributed by atoms with E-state index in [9.17, 15) is 23.6 Å². The maximum absolute atomic E-state index is 13.3. The topological polar surface area (TPSA) is 110 Å². The van der Waals surface area contributed by atoms with Crippen LogP contribution in [-0.4, -0.2) is 41.6 Å². The molecular formula is C23H22FN5O5. The average Bonchev–Trinajstić information content (AvgIpc) is 3.35. The normalized spacial score (nSPS) is 11.2. The van der Waals surface area contributed by atoms with Crippen LogP contribution in [0.4, 0.5) is 4.39 Å². The number of carbonyl (C=O) groups is 2. The predicted molar refractivity (Wildman–Crippen MR) is 121 cm³/mol. The molecule has 0 saturated heterocycles. The molecule has 0 radical (unpaired) electrons. The number of aromatic nitrogens is 5. The maximum atomic E-state index is 13.3. The predicted octanol–water partition coefficient (Wildman–Crippen LogP) is 1.41. The van der Waals surface area contributed by atoms with Crippen molar-refractivity contribution in [3.8, 4) is 5.69 Å². The molecule has 0 N–H and O–H groups in total. The van der Waals surface area contributed by atoms with Gasteiger partial charge in [-0.15, -0.1) is 0 Å². The number of esters is 1. The largest absolute Gasteiger partial charge is 0.456 e. The Labute approximate surface area is 192 Å². The van der Waals surface area contributed by atoms with Gasteiger partial charge in [-0.3, -0.25) is 23.5 Å². The summed E-state index contributed by atoms with van der Waals surface area (Å²) in [6, 6.07) is 7.58. The lowest BCUT2D eigenvalue weighted by molar-refractivity contribution is -0.143. The number of fused-ring (bicyclic) bond motifs is 1. The summed E-state index contributed by atoms with van der Waals surface area (Å²) < 4.78 is 23.6.